The molecule has 1 aliphatic carbocycles. The Morgan fingerprint density at radius 1 is 0.869 bits per heavy atom. The van der Waals surface area contributed by atoms with Crippen molar-refractivity contribution < 1.29 is 67.2 Å². The van der Waals surface area contributed by atoms with Gasteiger partial charge in [-0.2, -0.15) is 0 Å². The Hall–Kier alpha value is -2.60. The van der Waals surface area contributed by atoms with E-state index in [1.807, 2.05) is 39.0 Å². The number of carbonyl (C=O) groups excluding carboxylic acids is 2. The van der Waals surface area contributed by atoms with Gasteiger partial charge in [-0.1, -0.05) is 64.2 Å². The van der Waals surface area contributed by atoms with Crippen molar-refractivity contribution in [3.8, 4) is 0 Å². The number of hydrogen-bond donors (Lipinski definition) is 2. The first kappa shape index (κ1) is 46.4. The SMILES string of the molecule is CO[C@H]1C[C@H](O[C@H]2[C@H](C)O[C@@H](O[C@@H]3/C(C)=C\C[C@@H]4C[C@@H](C[C@]5(C=C[C@H](C)[C@@H](C(C)C)O5)O4)OC(=O)[C@@H]4C=C(C)C(=O)[C@H]5OCC(=C/C=C\[C@@H]3C)[C@]54O)C[C@@H]2OC)O[C@@H](C)[C@@H]1O. The molecule has 4 saturated heterocycles. The summed E-state index contributed by atoms with van der Waals surface area (Å²) in [7, 11) is 3.21. The Bertz CT molecular complexity index is 1750. The monoisotopic (exact) mass is 856 g/mol. The van der Waals surface area contributed by atoms with E-state index in [2.05, 4.69) is 32.9 Å². The standard InChI is InChI=1S/C47H68O14/c1-24(2)41-27(5)16-17-46(61-41)22-33-19-32(60-46)15-14-26(4)42(25(3)12-11-13-31-23-54-44-39(48)28(6)18-34(45(50)57-33)47(31,44)51)58-38-21-36(53-10)43(30(8)56-38)59-37-20-35(52-9)40(49)29(7)55-37/h11-14,16-18,24-25,27,29-30,32-38,40-44,49,51H,15,19-23H2,1-10H3/b12-11-,26-14-,31-13?/t25-,27-,29-,30-,32+,33-,34-,35-,36-,37-,38-,40-,41+,42-,43-,44+,46+,47+/m0/s1. The Labute approximate surface area is 360 Å². The van der Waals surface area contributed by atoms with Crippen LogP contribution in [0.5, 0.6) is 0 Å². The zero-order chi connectivity index (χ0) is 44.0. The van der Waals surface area contributed by atoms with Crippen LogP contribution in [0.3, 0.4) is 0 Å². The summed E-state index contributed by atoms with van der Waals surface area (Å²) in [6.45, 7) is 15.8. The number of aliphatic hydroxyl groups is 2. The van der Waals surface area contributed by atoms with Crippen LogP contribution in [0, 0.1) is 23.7 Å². The van der Waals surface area contributed by atoms with Crippen LogP contribution in [0.1, 0.15) is 87.5 Å². The minimum atomic E-state index is -1.93. The lowest BCUT2D eigenvalue weighted by Gasteiger charge is -2.48. The number of fused-ring (bicyclic) bond motifs is 2. The number of aliphatic hydroxyl groups excluding tert-OH is 1. The van der Waals surface area contributed by atoms with Crippen molar-refractivity contribution in [2.75, 3.05) is 20.8 Å². The number of hydrogen-bond acceptors (Lipinski definition) is 14. The quantitative estimate of drug-likeness (QED) is 0.254. The number of ether oxygens (including phenoxy) is 10. The van der Waals surface area contributed by atoms with Gasteiger partial charge >= 0.3 is 5.97 Å². The molecule has 7 rings (SSSR count). The minimum Gasteiger partial charge on any atom is -0.462 e. The lowest BCUT2D eigenvalue weighted by atomic mass is 9.71. The Kier molecular flexibility index (Phi) is 14.3. The second-order valence-corrected chi connectivity index (χ2v) is 18.6. The summed E-state index contributed by atoms with van der Waals surface area (Å²) in [4.78, 5) is 27.7. The van der Waals surface area contributed by atoms with Gasteiger partial charge in [-0.15, -0.1) is 0 Å². The van der Waals surface area contributed by atoms with Gasteiger partial charge in [0.15, 0.2) is 30.3 Å². The average molecular weight is 857 g/mol. The van der Waals surface area contributed by atoms with Crippen molar-refractivity contribution in [2.24, 2.45) is 23.7 Å². The summed E-state index contributed by atoms with van der Waals surface area (Å²) in [5.74, 6) is -3.13. The van der Waals surface area contributed by atoms with E-state index in [4.69, 9.17) is 47.4 Å². The smallest absolute Gasteiger partial charge is 0.316 e. The van der Waals surface area contributed by atoms with E-state index in [-0.39, 0.29) is 48.8 Å². The maximum absolute atomic E-state index is 14.3. The molecule has 18 atom stereocenters. The molecule has 1 spiro atoms. The summed E-state index contributed by atoms with van der Waals surface area (Å²) in [5, 5.41) is 22.9. The van der Waals surface area contributed by atoms with Crippen molar-refractivity contribution in [3.05, 3.63) is 59.3 Å². The number of ketones is 1. The van der Waals surface area contributed by atoms with E-state index in [0.29, 0.717) is 36.8 Å². The molecular formula is C47H68O14. The largest absolute Gasteiger partial charge is 0.462 e. The lowest BCUT2D eigenvalue weighted by molar-refractivity contribution is -0.318. The first-order valence-electron chi connectivity index (χ1n) is 22.2. The molecule has 340 valence electrons. The predicted octanol–water partition coefficient (Wildman–Crippen LogP) is 5.20. The van der Waals surface area contributed by atoms with Gasteiger partial charge in [0.05, 0.1) is 49.3 Å². The molecule has 2 bridgehead atoms. The highest BCUT2D eigenvalue weighted by molar-refractivity contribution is 6.03. The normalized spacial score (nSPS) is 47.3. The van der Waals surface area contributed by atoms with Gasteiger partial charge in [0.25, 0.3) is 0 Å². The molecule has 0 amide bonds. The van der Waals surface area contributed by atoms with Gasteiger partial charge in [-0.3, -0.25) is 9.59 Å². The van der Waals surface area contributed by atoms with Crippen LogP contribution in [-0.2, 0) is 57.0 Å². The summed E-state index contributed by atoms with van der Waals surface area (Å²) in [6.07, 6.45) is 8.06. The first-order valence-corrected chi connectivity index (χ1v) is 22.2. The molecule has 7 aliphatic rings. The fourth-order valence-corrected chi connectivity index (χ4v) is 10.3. The van der Waals surface area contributed by atoms with Crippen LogP contribution in [0.15, 0.2) is 59.3 Å². The molecule has 0 saturated carbocycles. The molecule has 61 heavy (non-hydrogen) atoms. The number of rotatable bonds is 7. The molecule has 6 heterocycles. The Balaban J connectivity index is 1.18. The topological polar surface area (TPSA) is 167 Å². The van der Waals surface area contributed by atoms with Gasteiger partial charge in [-0.05, 0) is 62.8 Å². The van der Waals surface area contributed by atoms with Crippen LogP contribution in [0.2, 0.25) is 0 Å². The van der Waals surface area contributed by atoms with Gasteiger partial charge in [0, 0.05) is 51.7 Å². The molecule has 0 aromatic rings. The maximum Gasteiger partial charge on any atom is 0.316 e. The van der Waals surface area contributed by atoms with Gasteiger partial charge < -0.3 is 57.6 Å². The highest BCUT2D eigenvalue weighted by Crippen LogP contribution is 2.46. The highest BCUT2D eigenvalue weighted by Gasteiger charge is 2.60. The molecule has 0 aromatic carbocycles. The number of carbonyl (C=O) groups is 2. The third-order valence-electron chi connectivity index (χ3n) is 13.8. The minimum absolute atomic E-state index is 0.0296. The van der Waals surface area contributed by atoms with E-state index >= 15 is 0 Å². The van der Waals surface area contributed by atoms with Crippen molar-refractivity contribution in [1.29, 1.82) is 0 Å². The second kappa shape index (κ2) is 18.9. The van der Waals surface area contributed by atoms with Crippen LogP contribution < -0.4 is 0 Å². The van der Waals surface area contributed by atoms with Crippen LogP contribution in [0.25, 0.3) is 0 Å². The van der Waals surface area contributed by atoms with Crippen LogP contribution >= 0.6 is 0 Å². The molecular weight excluding hydrogens is 789 g/mol. The predicted molar refractivity (Wildman–Crippen MR) is 222 cm³/mol. The lowest BCUT2D eigenvalue weighted by Crippen LogP contribution is -2.57. The van der Waals surface area contributed by atoms with Gasteiger partial charge in [0.1, 0.15) is 29.8 Å². The third-order valence-corrected chi connectivity index (χ3v) is 13.8. The first-order chi connectivity index (χ1) is 29.0. The average Bonchev–Trinajstić information content (AvgIpc) is 3.56. The zero-order valence-electron chi connectivity index (χ0n) is 37.4. The van der Waals surface area contributed by atoms with Gasteiger partial charge in [-0.25, -0.2) is 0 Å². The third kappa shape index (κ3) is 9.47. The summed E-state index contributed by atoms with van der Waals surface area (Å²) < 4.78 is 63.3. The van der Waals surface area contributed by atoms with E-state index < -0.39 is 90.8 Å². The fourth-order valence-electron chi connectivity index (χ4n) is 10.3. The fraction of sp³-hybridized carbons (Fsp3) is 0.745. The van der Waals surface area contributed by atoms with Gasteiger partial charge in [0.2, 0.25) is 0 Å². The van der Waals surface area contributed by atoms with Crippen molar-refractivity contribution in [3.63, 3.8) is 0 Å². The molecule has 6 aliphatic heterocycles. The molecule has 14 heteroatoms. The number of allylic oxidation sites excluding steroid dienone is 2. The number of esters is 1. The van der Waals surface area contributed by atoms with Crippen molar-refractivity contribution >= 4 is 11.8 Å². The van der Waals surface area contributed by atoms with E-state index in [1.54, 1.807) is 34.1 Å². The highest BCUT2D eigenvalue weighted by atomic mass is 16.7. The molecule has 0 aromatic heterocycles. The zero-order valence-corrected chi connectivity index (χ0v) is 37.4. The molecule has 4 fully saturated rings. The van der Waals surface area contributed by atoms with E-state index in [1.165, 1.54) is 6.08 Å². The van der Waals surface area contributed by atoms with Crippen LogP contribution in [0.4, 0.5) is 0 Å². The molecule has 14 nitrogen and oxygen atoms in total. The summed E-state index contributed by atoms with van der Waals surface area (Å²) in [5.41, 5.74) is -0.237. The van der Waals surface area contributed by atoms with Crippen LogP contribution in [-0.4, -0.2) is 134 Å². The molecule has 0 radical (unpaired) electrons. The number of methoxy groups -OCH3 is 2. The summed E-state index contributed by atoms with van der Waals surface area (Å²) in [6, 6.07) is 0. The molecule has 0 unspecified atom stereocenters. The van der Waals surface area contributed by atoms with Crippen molar-refractivity contribution in [1.82, 2.24) is 0 Å². The number of Topliss-reactive ketones (excluding diaryl/α,β-unsaturated/α-hetero) is 1. The van der Waals surface area contributed by atoms with E-state index in [9.17, 15) is 19.8 Å². The molecule has 2 N–H and O–H groups in total. The summed E-state index contributed by atoms with van der Waals surface area (Å²) >= 11 is 0. The Morgan fingerprint density at radius 2 is 1.57 bits per heavy atom. The van der Waals surface area contributed by atoms with Crippen molar-refractivity contribution in [2.45, 2.75) is 179 Å². The Morgan fingerprint density at radius 3 is 2.30 bits per heavy atom. The maximum atomic E-state index is 14.3. The van der Waals surface area contributed by atoms with E-state index in [0.717, 1.165) is 5.57 Å². The second-order valence-electron chi connectivity index (χ2n) is 18.6.